The predicted molar refractivity (Wildman–Crippen MR) is 86.6 cm³/mol. The Bertz CT molecular complexity index is 804. The van der Waals surface area contributed by atoms with Gasteiger partial charge in [0, 0.05) is 5.39 Å². The number of aliphatic carboxylic acids is 1. The van der Waals surface area contributed by atoms with Crippen LogP contribution in [0.25, 0.3) is 10.8 Å². The van der Waals surface area contributed by atoms with Crippen LogP contribution in [0.15, 0.2) is 42.5 Å². The van der Waals surface area contributed by atoms with E-state index >= 15 is 0 Å². The molecule has 2 N–H and O–H groups in total. The van der Waals surface area contributed by atoms with Crippen LogP contribution in [0.5, 0.6) is 5.75 Å². The van der Waals surface area contributed by atoms with Crippen LogP contribution in [-0.4, -0.2) is 43.9 Å². The number of quaternary nitrogens is 1. The Morgan fingerprint density at radius 3 is 2.41 bits per heavy atom. The van der Waals surface area contributed by atoms with Gasteiger partial charge in [-0.25, -0.2) is 4.79 Å². The van der Waals surface area contributed by atoms with Crippen molar-refractivity contribution >= 4 is 22.7 Å². The molecular formula is C18H18F3NO5. The Morgan fingerprint density at radius 2 is 1.78 bits per heavy atom. The Balaban J connectivity index is 0.000000321. The molecule has 27 heavy (non-hydrogen) atoms. The van der Waals surface area contributed by atoms with Gasteiger partial charge in [0.15, 0.2) is 12.1 Å². The number of nitrogens with two attached hydrogens (primary N) is 1. The maximum Gasteiger partial charge on any atom is 0.430 e. The minimum absolute atomic E-state index is 0.0462. The first-order valence-corrected chi connectivity index (χ1v) is 8.06. The van der Waals surface area contributed by atoms with E-state index in [4.69, 9.17) is 19.4 Å². The lowest BCUT2D eigenvalue weighted by Crippen LogP contribution is -2.89. The number of benzene rings is 2. The van der Waals surface area contributed by atoms with Crippen molar-refractivity contribution in [2.75, 3.05) is 13.7 Å². The van der Waals surface area contributed by atoms with Gasteiger partial charge in [-0.3, -0.25) is 0 Å². The number of esters is 1. The first-order chi connectivity index (χ1) is 12.7. The Hall–Kier alpha value is -2.81. The van der Waals surface area contributed by atoms with Gasteiger partial charge in [0.1, 0.15) is 18.3 Å². The normalized spacial score (nSPS) is 19.1. The fourth-order valence-electron chi connectivity index (χ4n) is 2.71. The molecule has 1 saturated heterocycles. The lowest BCUT2D eigenvalue weighted by molar-refractivity contribution is -0.660. The van der Waals surface area contributed by atoms with Crippen LogP contribution in [0, 0.1) is 0 Å². The fraction of sp³-hybridized carbons (Fsp3) is 0.333. The van der Waals surface area contributed by atoms with Crippen molar-refractivity contribution in [2.45, 2.75) is 24.7 Å². The molecule has 1 fully saturated rings. The average Bonchev–Trinajstić information content (AvgIpc) is 3.10. The second kappa shape index (κ2) is 8.72. The highest BCUT2D eigenvalue weighted by molar-refractivity contribution is 5.88. The topological polar surface area (TPSA) is 92.3 Å². The molecule has 0 bridgehead atoms. The maximum atomic E-state index is 11.5. The molecule has 1 aliphatic heterocycles. The van der Waals surface area contributed by atoms with E-state index in [-0.39, 0.29) is 18.1 Å². The fourth-order valence-corrected chi connectivity index (χ4v) is 2.71. The van der Waals surface area contributed by atoms with Gasteiger partial charge in [-0.05, 0) is 11.5 Å². The van der Waals surface area contributed by atoms with Crippen LogP contribution in [0.1, 0.15) is 6.42 Å². The second-order valence-corrected chi connectivity index (χ2v) is 5.84. The van der Waals surface area contributed by atoms with Crippen LogP contribution >= 0.6 is 0 Å². The zero-order chi connectivity index (χ0) is 20.0. The molecule has 0 spiro atoms. The summed E-state index contributed by atoms with van der Waals surface area (Å²) in [6.45, 7) is 0.781. The molecule has 2 aromatic carbocycles. The summed E-state index contributed by atoms with van der Waals surface area (Å²) in [7, 11) is 1.43. The van der Waals surface area contributed by atoms with E-state index < -0.39 is 12.1 Å². The first kappa shape index (κ1) is 20.5. The largest absolute Gasteiger partial charge is 0.542 e. The van der Waals surface area contributed by atoms with E-state index in [0.717, 1.165) is 23.1 Å². The Labute approximate surface area is 152 Å². The first-order valence-electron chi connectivity index (χ1n) is 8.06. The number of carbonyl (C=O) groups is 2. The number of hydrogen-bond donors (Lipinski definition) is 1. The summed E-state index contributed by atoms with van der Waals surface area (Å²) in [5, 5.41) is 13.0. The highest BCUT2D eigenvalue weighted by Crippen LogP contribution is 2.26. The van der Waals surface area contributed by atoms with E-state index in [1.807, 2.05) is 29.6 Å². The van der Waals surface area contributed by atoms with Crippen LogP contribution < -0.4 is 15.2 Å². The minimum atomic E-state index is -5.19. The molecule has 0 unspecified atom stereocenters. The summed E-state index contributed by atoms with van der Waals surface area (Å²) in [6, 6.07) is 14.1. The van der Waals surface area contributed by atoms with Gasteiger partial charge in [0.2, 0.25) is 0 Å². The van der Waals surface area contributed by atoms with E-state index in [1.165, 1.54) is 7.11 Å². The molecule has 0 radical (unpaired) electrons. The number of fused-ring (bicyclic) bond motifs is 1. The van der Waals surface area contributed by atoms with Crippen molar-refractivity contribution in [3.8, 4) is 5.75 Å². The van der Waals surface area contributed by atoms with Gasteiger partial charge < -0.3 is 24.7 Å². The summed E-state index contributed by atoms with van der Waals surface area (Å²) < 4.78 is 42.4. The lowest BCUT2D eigenvalue weighted by Gasteiger charge is -2.13. The third-order valence-corrected chi connectivity index (χ3v) is 3.98. The molecule has 3 rings (SSSR count). The van der Waals surface area contributed by atoms with Gasteiger partial charge in [-0.15, -0.1) is 0 Å². The van der Waals surface area contributed by atoms with Gasteiger partial charge in [-0.1, -0.05) is 36.4 Å². The predicted octanol–water partition coefficient (Wildman–Crippen LogP) is 0.394. The summed E-state index contributed by atoms with van der Waals surface area (Å²) in [5.74, 6) is -2.30. The van der Waals surface area contributed by atoms with Crippen molar-refractivity contribution < 1.29 is 42.7 Å². The number of hydrogen-bond acceptors (Lipinski definition) is 5. The molecule has 2 atom stereocenters. The van der Waals surface area contributed by atoms with Crippen molar-refractivity contribution in [3.63, 3.8) is 0 Å². The maximum absolute atomic E-state index is 11.5. The van der Waals surface area contributed by atoms with Crippen molar-refractivity contribution in [2.24, 2.45) is 0 Å². The number of carbonyl (C=O) groups excluding carboxylic acids is 2. The van der Waals surface area contributed by atoms with Crippen molar-refractivity contribution in [1.82, 2.24) is 0 Å². The summed E-state index contributed by atoms with van der Waals surface area (Å²) in [6.07, 6.45) is -4.46. The zero-order valence-corrected chi connectivity index (χ0v) is 14.4. The molecule has 2 aromatic rings. The third-order valence-electron chi connectivity index (χ3n) is 3.98. The van der Waals surface area contributed by atoms with Crippen molar-refractivity contribution in [3.05, 3.63) is 42.5 Å². The number of alkyl halides is 3. The zero-order valence-electron chi connectivity index (χ0n) is 14.4. The van der Waals surface area contributed by atoms with E-state index in [1.54, 1.807) is 0 Å². The smallest absolute Gasteiger partial charge is 0.430 e. The Kier molecular flexibility index (Phi) is 6.62. The molecule has 0 amide bonds. The molecule has 9 heteroatoms. The van der Waals surface area contributed by atoms with Crippen LogP contribution in [0.4, 0.5) is 13.2 Å². The van der Waals surface area contributed by atoms with Gasteiger partial charge in [-0.2, -0.15) is 13.2 Å². The number of methoxy groups -OCH3 is 1. The molecule has 1 heterocycles. The molecule has 6 nitrogen and oxygen atoms in total. The van der Waals surface area contributed by atoms with Gasteiger partial charge in [0.25, 0.3) is 0 Å². The summed E-state index contributed by atoms with van der Waals surface area (Å²) in [4.78, 5) is 20.3. The van der Waals surface area contributed by atoms with Gasteiger partial charge in [0.05, 0.1) is 13.5 Å². The summed E-state index contributed by atoms with van der Waals surface area (Å²) >= 11 is 0. The minimum Gasteiger partial charge on any atom is -0.542 e. The second-order valence-electron chi connectivity index (χ2n) is 5.84. The highest BCUT2D eigenvalue weighted by Gasteiger charge is 2.35. The molecule has 146 valence electrons. The molecular weight excluding hydrogens is 367 g/mol. The van der Waals surface area contributed by atoms with E-state index in [2.05, 4.69) is 18.2 Å². The molecule has 0 aliphatic carbocycles. The Morgan fingerprint density at radius 1 is 1.15 bits per heavy atom. The van der Waals surface area contributed by atoms with Crippen LogP contribution in [0.2, 0.25) is 0 Å². The molecule has 0 aromatic heterocycles. The number of ether oxygens (including phenoxy) is 2. The monoisotopic (exact) mass is 385 g/mol. The highest BCUT2D eigenvalue weighted by atomic mass is 19.4. The quantitative estimate of drug-likeness (QED) is 0.772. The number of carboxylic acids is 1. The average molecular weight is 385 g/mol. The third kappa shape index (κ3) is 5.58. The number of carboxylic acid groups (broad SMARTS) is 1. The lowest BCUT2D eigenvalue weighted by atomic mass is 10.1. The van der Waals surface area contributed by atoms with Crippen molar-refractivity contribution in [1.29, 1.82) is 0 Å². The van der Waals surface area contributed by atoms with Crippen LogP contribution in [-0.2, 0) is 14.3 Å². The van der Waals surface area contributed by atoms with E-state index in [0.29, 0.717) is 6.42 Å². The SMILES string of the molecule is COC(=O)[C@H]1C[C@@H](Oc2cccc3ccccc23)C[NH2+]1.O=C([O-])C(F)(F)F. The number of halogens is 3. The van der Waals surface area contributed by atoms with Gasteiger partial charge >= 0.3 is 12.1 Å². The van der Waals surface area contributed by atoms with E-state index in [9.17, 15) is 18.0 Å². The number of rotatable bonds is 3. The standard InChI is InChI=1S/C16H17NO3.C2HF3O2/c1-19-16(18)14-9-12(10-17-14)20-15-8-4-6-11-5-2-3-7-13(11)15;3-2(4,5)1(6)7/h2-8,12,14,17H,9-10H2,1H3;(H,6,7)/t12-,14-;/m1./s1. The summed E-state index contributed by atoms with van der Waals surface area (Å²) in [5.41, 5.74) is 0. The molecule has 0 saturated carbocycles. The van der Waals surface area contributed by atoms with Crippen LogP contribution in [0.3, 0.4) is 0 Å². The molecule has 1 aliphatic rings.